The van der Waals surface area contributed by atoms with Gasteiger partial charge >= 0.3 is 0 Å². The van der Waals surface area contributed by atoms with Crippen molar-refractivity contribution in [3.05, 3.63) is 34.4 Å². The summed E-state index contributed by atoms with van der Waals surface area (Å²) in [6.07, 6.45) is 0.966. The second kappa shape index (κ2) is 4.92. The van der Waals surface area contributed by atoms with Crippen molar-refractivity contribution in [1.82, 2.24) is 9.88 Å². The van der Waals surface area contributed by atoms with E-state index in [0.717, 1.165) is 28.3 Å². The van der Waals surface area contributed by atoms with E-state index in [1.165, 1.54) is 0 Å². The lowest BCUT2D eigenvalue weighted by molar-refractivity contribution is 0.0790. The molecule has 0 aliphatic rings. The number of fused-ring (bicyclic) bond motifs is 1. The molecule has 0 radical (unpaired) electrons. The van der Waals surface area contributed by atoms with Gasteiger partial charge in [-0.3, -0.25) is 4.79 Å². The van der Waals surface area contributed by atoms with Crippen LogP contribution in [0.4, 0.5) is 0 Å². The normalized spacial score (nSPS) is 10.8. The molecule has 0 spiro atoms. The second-order valence-corrected chi connectivity index (χ2v) is 5.06. The monoisotopic (exact) mass is 294 g/mol. The number of hydrogen-bond donors (Lipinski definition) is 1. The Balaban J connectivity index is 2.33. The fourth-order valence-corrected chi connectivity index (χ4v) is 2.24. The van der Waals surface area contributed by atoms with Gasteiger partial charge in [0.1, 0.15) is 5.69 Å². The molecule has 1 N–H and O–H groups in total. The molecule has 1 aromatic heterocycles. The molecule has 90 valence electrons. The van der Waals surface area contributed by atoms with Gasteiger partial charge in [-0.2, -0.15) is 0 Å². The minimum absolute atomic E-state index is 0.0409. The Morgan fingerprint density at radius 2 is 2.18 bits per heavy atom. The highest BCUT2D eigenvalue weighted by Gasteiger charge is 2.13. The van der Waals surface area contributed by atoms with Crippen LogP contribution in [0.3, 0.4) is 0 Å². The topological polar surface area (TPSA) is 36.1 Å². The molecule has 3 nitrogen and oxygen atoms in total. The lowest BCUT2D eigenvalue weighted by Gasteiger charge is -2.14. The van der Waals surface area contributed by atoms with Crippen molar-refractivity contribution in [3.8, 4) is 0 Å². The summed E-state index contributed by atoms with van der Waals surface area (Å²) in [7, 11) is 1.83. The van der Waals surface area contributed by atoms with E-state index >= 15 is 0 Å². The first-order valence-electron chi connectivity index (χ1n) is 5.65. The van der Waals surface area contributed by atoms with E-state index < -0.39 is 0 Å². The molecule has 0 saturated heterocycles. The third-order valence-electron chi connectivity index (χ3n) is 2.72. The molecule has 2 aromatic rings. The van der Waals surface area contributed by atoms with Crippen LogP contribution in [-0.4, -0.2) is 29.4 Å². The van der Waals surface area contributed by atoms with E-state index in [2.05, 4.69) is 27.8 Å². The van der Waals surface area contributed by atoms with Crippen molar-refractivity contribution in [3.63, 3.8) is 0 Å². The Labute approximate surface area is 109 Å². The van der Waals surface area contributed by atoms with E-state index in [1.807, 2.05) is 31.3 Å². The smallest absolute Gasteiger partial charge is 0.270 e. The number of halogens is 1. The fourth-order valence-electron chi connectivity index (χ4n) is 1.86. The highest BCUT2D eigenvalue weighted by Crippen LogP contribution is 2.21. The van der Waals surface area contributed by atoms with Gasteiger partial charge in [-0.15, -0.1) is 0 Å². The zero-order valence-electron chi connectivity index (χ0n) is 9.96. The average molecular weight is 295 g/mol. The molecule has 0 fully saturated rings. The molecular weight excluding hydrogens is 280 g/mol. The lowest BCUT2D eigenvalue weighted by Crippen LogP contribution is -2.27. The maximum absolute atomic E-state index is 12.1. The summed E-state index contributed by atoms with van der Waals surface area (Å²) in [4.78, 5) is 17.0. The van der Waals surface area contributed by atoms with Crippen molar-refractivity contribution in [2.75, 3.05) is 13.6 Å². The highest BCUT2D eigenvalue weighted by molar-refractivity contribution is 9.10. The molecule has 0 bridgehead atoms. The maximum atomic E-state index is 12.1. The first-order chi connectivity index (χ1) is 8.11. The van der Waals surface area contributed by atoms with E-state index in [1.54, 1.807) is 4.90 Å². The molecular formula is C13H15BrN2O. The molecule has 0 aliphatic heterocycles. The van der Waals surface area contributed by atoms with Gasteiger partial charge in [0.15, 0.2) is 0 Å². The second-order valence-electron chi connectivity index (χ2n) is 4.14. The summed E-state index contributed by atoms with van der Waals surface area (Å²) in [5.41, 5.74) is 1.63. The number of carbonyl (C=O) groups excluding carboxylic acids is 1. The maximum Gasteiger partial charge on any atom is 0.270 e. The third kappa shape index (κ3) is 2.52. The van der Waals surface area contributed by atoms with E-state index in [4.69, 9.17) is 0 Å². The van der Waals surface area contributed by atoms with Crippen molar-refractivity contribution >= 4 is 32.7 Å². The first-order valence-corrected chi connectivity index (χ1v) is 6.45. The van der Waals surface area contributed by atoms with Gasteiger partial charge in [0.25, 0.3) is 5.91 Å². The number of aromatic amines is 1. The van der Waals surface area contributed by atoms with Crippen LogP contribution in [0, 0.1) is 0 Å². The van der Waals surface area contributed by atoms with Gasteiger partial charge in [0.05, 0.1) is 0 Å². The van der Waals surface area contributed by atoms with Gasteiger partial charge in [-0.05, 0) is 30.7 Å². The van der Waals surface area contributed by atoms with E-state index in [9.17, 15) is 4.79 Å². The molecule has 0 unspecified atom stereocenters. The molecule has 1 aromatic carbocycles. The number of nitrogens with zero attached hydrogens (tertiary/aromatic N) is 1. The summed E-state index contributed by atoms with van der Waals surface area (Å²) >= 11 is 3.42. The van der Waals surface area contributed by atoms with Crippen LogP contribution < -0.4 is 0 Å². The van der Waals surface area contributed by atoms with E-state index in [0.29, 0.717) is 5.69 Å². The van der Waals surface area contributed by atoms with Crippen molar-refractivity contribution in [1.29, 1.82) is 0 Å². The van der Waals surface area contributed by atoms with Crippen molar-refractivity contribution in [2.45, 2.75) is 13.3 Å². The van der Waals surface area contributed by atoms with Crippen LogP contribution in [-0.2, 0) is 0 Å². The summed E-state index contributed by atoms with van der Waals surface area (Å²) in [5.74, 6) is 0.0409. The Kier molecular flexibility index (Phi) is 3.52. The third-order valence-corrected chi connectivity index (χ3v) is 3.21. The Hall–Kier alpha value is -1.29. The van der Waals surface area contributed by atoms with Crippen molar-refractivity contribution in [2.24, 2.45) is 0 Å². The number of nitrogens with one attached hydrogen (secondary N) is 1. The Bertz CT molecular complexity index is 547. The summed E-state index contributed by atoms with van der Waals surface area (Å²) in [6.45, 7) is 2.84. The molecule has 0 saturated carbocycles. The Morgan fingerprint density at radius 1 is 1.41 bits per heavy atom. The molecule has 0 aliphatic carbocycles. The number of carbonyl (C=O) groups is 1. The van der Waals surface area contributed by atoms with Gasteiger partial charge in [0, 0.05) is 29.0 Å². The lowest BCUT2D eigenvalue weighted by atomic mass is 10.2. The van der Waals surface area contributed by atoms with Crippen molar-refractivity contribution < 1.29 is 4.79 Å². The molecule has 17 heavy (non-hydrogen) atoms. The molecule has 0 atom stereocenters. The zero-order valence-corrected chi connectivity index (χ0v) is 11.5. The summed E-state index contributed by atoms with van der Waals surface area (Å²) < 4.78 is 1.02. The predicted octanol–water partition coefficient (Wildman–Crippen LogP) is 3.41. The fraction of sp³-hybridized carbons (Fsp3) is 0.308. The van der Waals surface area contributed by atoms with Gasteiger partial charge < -0.3 is 9.88 Å². The molecule has 4 heteroatoms. The van der Waals surface area contributed by atoms with Gasteiger partial charge in [0.2, 0.25) is 0 Å². The summed E-state index contributed by atoms with van der Waals surface area (Å²) in [5, 5.41) is 1.05. The van der Waals surface area contributed by atoms with Gasteiger partial charge in [-0.25, -0.2) is 0 Å². The van der Waals surface area contributed by atoms with Crippen LogP contribution in [0.15, 0.2) is 28.7 Å². The average Bonchev–Trinajstić information content (AvgIpc) is 2.71. The van der Waals surface area contributed by atoms with Gasteiger partial charge in [-0.1, -0.05) is 22.9 Å². The van der Waals surface area contributed by atoms with Crippen LogP contribution >= 0.6 is 15.9 Å². The minimum Gasteiger partial charge on any atom is -0.351 e. The molecule has 1 heterocycles. The van der Waals surface area contributed by atoms with Crippen LogP contribution in [0.25, 0.3) is 10.9 Å². The van der Waals surface area contributed by atoms with Crippen LogP contribution in [0.5, 0.6) is 0 Å². The number of benzene rings is 1. The number of aromatic nitrogens is 1. The number of rotatable bonds is 3. The predicted molar refractivity (Wildman–Crippen MR) is 73.3 cm³/mol. The standard InChI is InChI=1S/C13H15BrN2O/c1-3-6-16(2)13(17)12-8-9-7-10(14)4-5-11(9)15-12/h4-5,7-8,15H,3,6H2,1-2H3. The number of H-pyrrole nitrogens is 1. The summed E-state index contributed by atoms with van der Waals surface area (Å²) in [6, 6.07) is 7.83. The number of hydrogen-bond acceptors (Lipinski definition) is 1. The SMILES string of the molecule is CCCN(C)C(=O)c1cc2cc(Br)ccc2[nH]1. The number of amides is 1. The Morgan fingerprint density at radius 3 is 2.88 bits per heavy atom. The zero-order chi connectivity index (χ0) is 12.4. The molecule has 2 rings (SSSR count). The molecule has 1 amide bonds. The largest absolute Gasteiger partial charge is 0.351 e. The highest BCUT2D eigenvalue weighted by atomic mass is 79.9. The quantitative estimate of drug-likeness (QED) is 0.925. The first kappa shape index (κ1) is 12.2. The van der Waals surface area contributed by atoms with E-state index in [-0.39, 0.29) is 5.91 Å². The van der Waals surface area contributed by atoms with Crippen LogP contribution in [0.2, 0.25) is 0 Å². The van der Waals surface area contributed by atoms with Crippen LogP contribution in [0.1, 0.15) is 23.8 Å². The minimum atomic E-state index is 0.0409.